The van der Waals surface area contributed by atoms with E-state index in [1.54, 1.807) is 24.3 Å². The van der Waals surface area contributed by atoms with Gasteiger partial charge < -0.3 is 20.7 Å². The van der Waals surface area contributed by atoms with Gasteiger partial charge in [-0.1, -0.05) is 20.3 Å². The third kappa shape index (κ3) is 7.86. The molecule has 0 heterocycles. The predicted molar refractivity (Wildman–Crippen MR) is 118 cm³/mol. The standard InChI is InChI=1S/C23H31N3O3/c1-4-6-15-24-23(28)18-7-9-19(10-8-18)25-16-22(27)26-20-11-13-21(14-12-20)29-17(3)5-2/h7-14,17,25H,4-6,15-16H2,1-3H3,(H,24,28)(H,26,27). The molecule has 2 rings (SSSR count). The molecule has 0 aliphatic heterocycles. The Morgan fingerprint density at radius 1 is 0.966 bits per heavy atom. The second-order valence-electron chi connectivity index (χ2n) is 6.95. The first kappa shape index (κ1) is 22.3. The van der Waals surface area contributed by atoms with E-state index < -0.39 is 0 Å². The summed E-state index contributed by atoms with van der Waals surface area (Å²) < 4.78 is 5.73. The summed E-state index contributed by atoms with van der Waals surface area (Å²) in [5, 5.41) is 8.79. The summed E-state index contributed by atoms with van der Waals surface area (Å²) in [5.74, 6) is 0.555. The number of benzene rings is 2. The van der Waals surface area contributed by atoms with E-state index in [-0.39, 0.29) is 24.5 Å². The van der Waals surface area contributed by atoms with Crippen LogP contribution in [0.4, 0.5) is 11.4 Å². The number of hydrogen-bond donors (Lipinski definition) is 3. The molecule has 6 nitrogen and oxygen atoms in total. The fourth-order valence-electron chi connectivity index (χ4n) is 2.54. The molecule has 0 aliphatic rings. The van der Waals surface area contributed by atoms with Crippen LogP contribution in [-0.4, -0.2) is 31.0 Å². The Morgan fingerprint density at radius 2 is 1.62 bits per heavy atom. The first-order chi connectivity index (χ1) is 14.0. The van der Waals surface area contributed by atoms with Gasteiger partial charge in [-0.2, -0.15) is 0 Å². The number of unbranched alkanes of at least 4 members (excludes halogenated alkanes) is 1. The molecule has 0 radical (unpaired) electrons. The Balaban J connectivity index is 1.78. The number of anilines is 2. The van der Waals surface area contributed by atoms with Crippen molar-refractivity contribution >= 4 is 23.2 Å². The van der Waals surface area contributed by atoms with Crippen LogP contribution in [0.5, 0.6) is 5.75 Å². The largest absolute Gasteiger partial charge is 0.491 e. The number of rotatable bonds is 11. The van der Waals surface area contributed by atoms with Gasteiger partial charge in [0.25, 0.3) is 5.91 Å². The Morgan fingerprint density at radius 3 is 2.24 bits per heavy atom. The zero-order valence-electron chi connectivity index (χ0n) is 17.5. The Bertz CT molecular complexity index is 773. The molecule has 0 saturated carbocycles. The van der Waals surface area contributed by atoms with Gasteiger partial charge in [-0.15, -0.1) is 0 Å². The molecule has 29 heavy (non-hydrogen) atoms. The van der Waals surface area contributed by atoms with Crippen LogP contribution in [0.2, 0.25) is 0 Å². The number of amides is 2. The molecule has 0 spiro atoms. The summed E-state index contributed by atoms with van der Waals surface area (Å²) in [4.78, 5) is 24.1. The van der Waals surface area contributed by atoms with Crippen LogP contribution < -0.4 is 20.7 Å². The van der Waals surface area contributed by atoms with E-state index in [0.717, 1.165) is 30.7 Å². The van der Waals surface area contributed by atoms with Gasteiger partial charge in [0.05, 0.1) is 12.6 Å². The third-order valence-electron chi connectivity index (χ3n) is 4.47. The molecule has 0 aromatic heterocycles. The second kappa shape index (κ2) is 11.7. The highest BCUT2D eigenvalue weighted by molar-refractivity contribution is 5.95. The lowest BCUT2D eigenvalue weighted by molar-refractivity contribution is -0.114. The molecule has 0 saturated heterocycles. The molecule has 1 unspecified atom stereocenters. The highest BCUT2D eigenvalue weighted by Gasteiger charge is 2.06. The number of carbonyl (C=O) groups is 2. The maximum Gasteiger partial charge on any atom is 0.251 e. The van der Waals surface area contributed by atoms with E-state index in [1.165, 1.54) is 0 Å². The van der Waals surface area contributed by atoms with Crippen molar-refractivity contribution in [2.24, 2.45) is 0 Å². The van der Waals surface area contributed by atoms with Crippen molar-refractivity contribution in [3.8, 4) is 5.75 Å². The van der Waals surface area contributed by atoms with Crippen LogP contribution in [0, 0.1) is 0 Å². The molecule has 156 valence electrons. The first-order valence-corrected chi connectivity index (χ1v) is 10.2. The van der Waals surface area contributed by atoms with Crippen LogP contribution >= 0.6 is 0 Å². The maximum atomic E-state index is 12.1. The first-order valence-electron chi connectivity index (χ1n) is 10.2. The predicted octanol–water partition coefficient (Wildman–Crippen LogP) is 4.44. The van der Waals surface area contributed by atoms with Crippen molar-refractivity contribution in [2.75, 3.05) is 23.7 Å². The van der Waals surface area contributed by atoms with Gasteiger partial charge >= 0.3 is 0 Å². The molecule has 2 aromatic carbocycles. The summed E-state index contributed by atoms with van der Waals surface area (Å²) in [6.45, 7) is 6.99. The van der Waals surface area contributed by atoms with Crippen molar-refractivity contribution in [1.29, 1.82) is 0 Å². The lowest BCUT2D eigenvalue weighted by atomic mass is 10.2. The van der Waals surface area contributed by atoms with Crippen molar-refractivity contribution in [2.45, 2.75) is 46.1 Å². The number of carbonyl (C=O) groups excluding carboxylic acids is 2. The Kier molecular flexibility index (Phi) is 9.02. The van der Waals surface area contributed by atoms with E-state index in [1.807, 2.05) is 31.2 Å². The van der Waals surface area contributed by atoms with Crippen molar-refractivity contribution in [3.63, 3.8) is 0 Å². The number of ether oxygens (including phenoxy) is 1. The van der Waals surface area contributed by atoms with E-state index in [2.05, 4.69) is 29.8 Å². The fourth-order valence-corrected chi connectivity index (χ4v) is 2.54. The Labute approximate surface area is 173 Å². The van der Waals surface area contributed by atoms with Gasteiger partial charge in [-0.3, -0.25) is 9.59 Å². The van der Waals surface area contributed by atoms with Crippen LogP contribution in [0.15, 0.2) is 48.5 Å². The zero-order valence-corrected chi connectivity index (χ0v) is 17.5. The van der Waals surface area contributed by atoms with E-state index in [4.69, 9.17) is 4.74 Å². The molecule has 3 N–H and O–H groups in total. The minimum absolute atomic E-state index is 0.0801. The van der Waals surface area contributed by atoms with Crippen LogP contribution in [0.1, 0.15) is 50.4 Å². The quantitative estimate of drug-likeness (QED) is 0.490. The average molecular weight is 398 g/mol. The van der Waals surface area contributed by atoms with Gasteiger partial charge in [0.1, 0.15) is 5.75 Å². The Hall–Kier alpha value is -3.02. The smallest absolute Gasteiger partial charge is 0.251 e. The van der Waals surface area contributed by atoms with Gasteiger partial charge in [0.2, 0.25) is 5.91 Å². The third-order valence-corrected chi connectivity index (χ3v) is 4.47. The molecule has 0 bridgehead atoms. The van der Waals surface area contributed by atoms with Gasteiger partial charge in [-0.05, 0) is 68.3 Å². The average Bonchev–Trinajstić information content (AvgIpc) is 2.74. The van der Waals surface area contributed by atoms with Gasteiger partial charge in [0, 0.05) is 23.5 Å². The minimum Gasteiger partial charge on any atom is -0.491 e. The molecule has 1 atom stereocenters. The molecular formula is C23H31N3O3. The highest BCUT2D eigenvalue weighted by atomic mass is 16.5. The molecule has 6 heteroatoms. The minimum atomic E-state index is -0.151. The molecule has 2 amide bonds. The zero-order chi connectivity index (χ0) is 21.1. The molecule has 0 aliphatic carbocycles. The monoisotopic (exact) mass is 397 g/mol. The summed E-state index contributed by atoms with van der Waals surface area (Å²) >= 11 is 0. The normalized spacial score (nSPS) is 11.4. The SMILES string of the molecule is CCCCNC(=O)c1ccc(NCC(=O)Nc2ccc(OC(C)CC)cc2)cc1. The fraction of sp³-hybridized carbons (Fsp3) is 0.391. The highest BCUT2D eigenvalue weighted by Crippen LogP contribution is 2.17. The van der Waals surface area contributed by atoms with Gasteiger partial charge in [-0.25, -0.2) is 0 Å². The van der Waals surface area contributed by atoms with Crippen LogP contribution in [-0.2, 0) is 4.79 Å². The lowest BCUT2D eigenvalue weighted by Crippen LogP contribution is -2.24. The van der Waals surface area contributed by atoms with Crippen molar-refractivity contribution < 1.29 is 14.3 Å². The van der Waals surface area contributed by atoms with E-state index in [9.17, 15) is 9.59 Å². The summed E-state index contributed by atoms with van der Waals surface area (Å²) in [6, 6.07) is 14.4. The van der Waals surface area contributed by atoms with E-state index >= 15 is 0 Å². The molecule has 0 fully saturated rings. The summed E-state index contributed by atoms with van der Waals surface area (Å²) in [7, 11) is 0. The van der Waals surface area contributed by atoms with E-state index in [0.29, 0.717) is 17.8 Å². The van der Waals surface area contributed by atoms with Crippen LogP contribution in [0.3, 0.4) is 0 Å². The maximum absolute atomic E-state index is 12.1. The summed E-state index contributed by atoms with van der Waals surface area (Å²) in [5.41, 5.74) is 2.10. The second-order valence-corrected chi connectivity index (χ2v) is 6.95. The van der Waals surface area contributed by atoms with Gasteiger partial charge in [0.15, 0.2) is 0 Å². The lowest BCUT2D eigenvalue weighted by Gasteiger charge is -2.13. The topological polar surface area (TPSA) is 79.5 Å². The molecule has 2 aromatic rings. The van der Waals surface area contributed by atoms with Crippen molar-refractivity contribution in [3.05, 3.63) is 54.1 Å². The number of nitrogens with one attached hydrogen (secondary N) is 3. The van der Waals surface area contributed by atoms with Crippen LogP contribution in [0.25, 0.3) is 0 Å². The molecular weight excluding hydrogens is 366 g/mol. The number of hydrogen-bond acceptors (Lipinski definition) is 4. The summed E-state index contributed by atoms with van der Waals surface area (Å²) in [6.07, 6.45) is 3.11. The van der Waals surface area contributed by atoms with Crippen molar-refractivity contribution in [1.82, 2.24) is 5.32 Å².